The van der Waals surface area contributed by atoms with Crippen molar-refractivity contribution in [2.75, 3.05) is 48.8 Å². The molecule has 1 aromatic carbocycles. The third-order valence-corrected chi connectivity index (χ3v) is 4.77. The van der Waals surface area contributed by atoms with E-state index in [0.29, 0.717) is 17.0 Å². The number of piperazine rings is 1. The number of carbonyl (C=O) groups excluding carboxylic acids is 2. The van der Waals surface area contributed by atoms with Gasteiger partial charge in [0.15, 0.2) is 0 Å². The second-order valence-electron chi connectivity index (χ2n) is 6.80. The highest BCUT2D eigenvalue weighted by Crippen LogP contribution is 2.25. The molecule has 10 heteroatoms. The Balaban J connectivity index is 1.43. The van der Waals surface area contributed by atoms with Crippen LogP contribution in [0.4, 0.5) is 17.3 Å². The van der Waals surface area contributed by atoms with E-state index in [1.54, 1.807) is 36.7 Å². The lowest BCUT2D eigenvalue weighted by Gasteiger charge is -2.30. The molecule has 31 heavy (non-hydrogen) atoms. The van der Waals surface area contributed by atoms with Gasteiger partial charge in [-0.05, 0) is 24.3 Å². The van der Waals surface area contributed by atoms with Gasteiger partial charge in [-0.25, -0.2) is 4.98 Å². The van der Waals surface area contributed by atoms with Crippen molar-refractivity contribution < 1.29 is 18.7 Å². The van der Waals surface area contributed by atoms with Crippen molar-refractivity contribution in [2.24, 2.45) is 0 Å². The van der Waals surface area contributed by atoms with Crippen molar-refractivity contribution >= 4 is 29.1 Å². The summed E-state index contributed by atoms with van der Waals surface area (Å²) >= 11 is 0. The monoisotopic (exact) mass is 422 g/mol. The van der Waals surface area contributed by atoms with Gasteiger partial charge in [-0.15, -0.1) is 0 Å². The van der Waals surface area contributed by atoms with E-state index < -0.39 is 11.8 Å². The molecule has 0 aliphatic carbocycles. The van der Waals surface area contributed by atoms with Crippen LogP contribution < -0.4 is 25.6 Å². The predicted octanol–water partition coefficient (Wildman–Crippen LogP) is 1.99. The Morgan fingerprint density at radius 1 is 1.13 bits per heavy atom. The van der Waals surface area contributed by atoms with Gasteiger partial charge in [0.2, 0.25) is 5.88 Å². The van der Waals surface area contributed by atoms with Crippen LogP contribution in [0.15, 0.2) is 53.3 Å². The Hall–Kier alpha value is -3.92. The third-order valence-electron chi connectivity index (χ3n) is 4.77. The van der Waals surface area contributed by atoms with Gasteiger partial charge in [-0.2, -0.15) is 0 Å². The highest BCUT2D eigenvalue weighted by molar-refractivity contribution is 6.05. The van der Waals surface area contributed by atoms with E-state index in [-0.39, 0.29) is 11.8 Å². The third kappa shape index (κ3) is 4.81. The van der Waals surface area contributed by atoms with E-state index in [0.717, 1.165) is 31.9 Å². The average molecular weight is 422 g/mol. The van der Waals surface area contributed by atoms with Crippen LogP contribution in [0.25, 0.3) is 0 Å². The minimum Gasteiger partial charge on any atom is -0.497 e. The molecule has 2 aromatic heterocycles. The molecule has 1 aliphatic heterocycles. The summed E-state index contributed by atoms with van der Waals surface area (Å²) in [7, 11) is 1.52. The summed E-state index contributed by atoms with van der Waals surface area (Å²) in [5.74, 6) is -0.494. The lowest BCUT2D eigenvalue weighted by Crippen LogP contribution is -2.43. The molecule has 3 N–H and O–H groups in total. The Labute approximate surface area is 178 Å². The molecule has 0 radical (unpaired) electrons. The lowest BCUT2D eigenvalue weighted by atomic mass is 10.2. The number of hydrogen-bond donors (Lipinski definition) is 3. The van der Waals surface area contributed by atoms with Gasteiger partial charge in [0, 0.05) is 37.9 Å². The topological polar surface area (TPSA) is 122 Å². The Morgan fingerprint density at radius 3 is 2.77 bits per heavy atom. The van der Waals surface area contributed by atoms with Gasteiger partial charge >= 0.3 is 5.91 Å². The van der Waals surface area contributed by atoms with Gasteiger partial charge in [0.05, 0.1) is 30.9 Å². The standard InChI is InChI=1S/C21H22N6O4/c1-30-15-4-2-3-14(11-15)19(28)26-18-13-24-21(31-18)20(29)25-16-12-23-6-5-17(16)27-9-7-22-8-10-27/h2-6,11-13,22H,7-10H2,1H3,(H,25,29)(H,26,28). The van der Waals surface area contributed by atoms with E-state index in [9.17, 15) is 9.59 Å². The normalized spacial score (nSPS) is 13.5. The zero-order chi connectivity index (χ0) is 21.6. The molecule has 2 amide bonds. The fourth-order valence-electron chi connectivity index (χ4n) is 3.23. The van der Waals surface area contributed by atoms with E-state index in [2.05, 4.69) is 30.8 Å². The molecule has 0 saturated carbocycles. The number of benzene rings is 1. The van der Waals surface area contributed by atoms with E-state index in [4.69, 9.17) is 9.15 Å². The van der Waals surface area contributed by atoms with Crippen LogP contribution in [0, 0.1) is 0 Å². The number of methoxy groups -OCH3 is 1. The number of carbonyl (C=O) groups is 2. The van der Waals surface area contributed by atoms with Gasteiger partial charge in [0.25, 0.3) is 11.8 Å². The SMILES string of the molecule is COc1cccc(C(=O)Nc2cnc(C(=O)Nc3cnccc3N3CCNCC3)o2)c1. The van der Waals surface area contributed by atoms with Gasteiger partial charge < -0.3 is 24.7 Å². The molecule has 1 saturated heterocycles. The molecule has 0 atom stereocenters. The number of nitrogens with zero attached hydrogens (tertiary/aromatic N) is 3. The van der Waals surface area contributed by atoms with Gasteiger partial charge in [-0.3, -0.25) is 19.9 Å². The first-order chi connectivity index (χ1) is 15.1. The van der Waals surface area contributed by atoms with Crippen LogP contribution in [0.3, 0.4) is 0 Å². The second-order valence-corrected chi connectivity index (χ2v) is 6.80. The summed E-state index contributed by atoms with van der Waals surface area (Å²) in [5.41, 5.74) is 1.83. The highest BCUT2D eigenvalue weighted by Gasteiger charge is 2.19. The van der Waals surface area contributed by atoms with E-state index >= 15 is 0 Å². The van der Waals surface area contributed by atoms with Crippen molar-refractivity contribution in [3.05, 3.63) is 60.4 Å². The van der Waals surface area contributed by atoms with E-state index in [1.807, 2.05) is 6.07 Å². The molecule has 0 bridgehead atoms. The van der Waals surface area contributed by atoms with Crippen LogP contribution in [-0.4, -0.2) is 55.1 Å². The summed E-state index contributed by atoms with van der Waals surface area (Å²) in [4.78, 5) is 35.3. The maximum Gasteiger partial charge on any atom is 0.311 e. The van der Waals surface area contributed by atoms with Crippen LogP contribution in [-0.2, 0) is 0 Å². The molecular weight excluding hydrogens is 400 g/mol. The number of anilines is 3. The first kappa shape index (κ1) is 20.4. The molecule has 10 nitrogen and oxygen atoms in total. The Kier molecular flexibility index (Phi) is 6.08. The summed E-state index contributed by atoms with van der Waals surface area (Å²) in [6.45, 7) is 3.39. The van der Waals surface area contributed by atoms with Crippen molar-refractivity contribution in [3.63, 3.8) is 0 Å². The minimum absolute atomic E-state index is 0.0616. The van der Waals surface area contributed by atoms with Crippen LogP contribution >= 0.6 is 0 Å². The van der Waals surface area contributed by atoms with Crippen LogP contribution in [0.1, 0.15) is 21.0 Å². The number of amides is 2. The first-order valence-electron chi connectivity index (χ1n) is 9.76. The molecule has 3 aromatic rings. The van der Waals surface area contributed by atoms with Crippen molar-refractivity contribution in [1.29, 1.82) is 0 Å². The maximum absolute atomic E-state index is 12.6. The molecule has 3 heterocycles. The number of oxazole rings is 1. The molecule has 160 valence electrons. The van der Waals surface area contributed by atoms with Crippen molar-refractivity contribution in [1.82, 2.24) is 15.3 Å². The lowest BCUT2D eigenvalue weighted by molar-refractivity contribution is 0.0983. The number of aromatic nitrogens is 2. The average Bonchev–Trinajstić information content (AvgIpc) is 3.28. The van der Waals surface area contributed by atoms with E-state index in [1.165, 1.54) is 13.3 Å². The minimum atomic E-state index is -0.536. The molecule has 4 rings (SSSR count). The zero-order valence-corrected chi connectivity index (χ0v) is 16.9. The number of pyridine rings is 1. The summed E-state index contributed by atoms with van der Waals surface area (Å²) in [6, 6.07) is 8.54. The number of ether oxygens (including phenoxy) is 1. The summed E-state index contributed by atoms with van der Waals surface area (Å²) in [6.07, 6.45) is 4.56. The molecule has 0 unspecified atom stereocenters. The quantitative estimate of drug-likeness (QED) is 0.551. The Morgan fingerprint density at radius 2 is 1.97 bits per heavy atom. The fourth-order valence-corrected chi connectivity index (χ4v) is 3.23. The Bertz CT molecular complexity index is 1080. The highest BCUT2D eigenvalue weighted by atomic mass is 16.5. The van der Waals surface area contributed by atoms with Crippen molar-refractivity contribution in [3.8, 4) is 5.75 Å². The fraction of sp³-hybridized carbons (Fsp3) is 0.238. The van der Waals surface area contributed by atoms with Crippen LogP contribution in [0.2, 0.25) is 0 Å². The van der Waals surface area contributed by atoms with Gasteiger partial charge in [-0.1, -0.05) is 6.07 Å². The number of hydrogen-bond acceptors (Lipinski definition) is 8. The summed E-state index contributed by atoms with van der Waals surface area (Å²) in [5, 5.41) is 8.66. The first-order valence-corrected chi connectivity index (χ1v) is 9.76. The van der Waals surface area contributed by atoms with Gasteiger partial charge in [0.1, 0.15) is 5.75 Å². The predicted molar refractivity (Wildman–Crippen MR) is 115 cm³/mol. The summed E-state index contributed by atoms with van der Waals surface area (Å²) < 4.78 is 10.5. The largest absolute Gasteiger partial charge is 0.497 e. The zero-order valence-electron chi connectivity index (χ0n) is 16.9. The van der Waals surface area contributed by atoms with Crippen molar-refractivity contribution in [2.45, 2.75) is 0 Å². The molecular formula is C21H22N6O4. The van der Waals surface area contributed by atoms with Crippen LogP contribution in [0.5, 0.6) is 5.75 Å². The molecule has 0 spiro atoms. The number of nitrogens with one attached hydrogen (secondary N) is 3. The second kappa shape index (κ2) is 9.26. The molecule has 1 fully saturated rings. The smallest absolute Gasteiger partial charge is 0.311 e. The maximum atomic E-state index is 12.6. The molecule has 1 aliphatic rings. The number of rotatable bonds is 6.